The predicted molar refractivity (Wildman–Crippen MR) is 71.0 cm³/mol. The maximum Gasteiger partial charge on any atom is 0.235 e. The van der Waals surface area contributed by atoms with Crippen LogP contribution in [0, 0.1) is 6.92 Å². The molecular formula is C13H18N2OS. The van der Waals surface area contributed by atoms with Gasteiger partial charge in [-0.3, -0.25) is 4.79 Å². The zero-order chi connectivity index (χ0) is 12.3. The molecule has 0 aliphatic heterocycles. The first-order valence-electron chi connectivity index (χ1n) is 5.90. The summed E-state index contributed by atoms with van der Waals surface area (Å²) >= 11 is 1.67. The van der Waals surface area contributed by atoms with Crippen molar-refractivity contribution >= 4 is 17.7 Å². The fourth-order valence-electron chi connectivity index (χ4n) is 1.56. The molecule has 92 valence electrons. The number of primary amides is 1. The molecule has 1 saturated carbocycles. The number of nitrogens with one attached hydrogen (secondary N) is 1. The Labute approximate surface area is 106 Å². The topological polar surface area (TPSA) is 55.1 Å². The molecule has 3 nitrogen and oxygen atoms in total. The molecular weight excluding hydrogens is 232 g/mol. The monoisotopic (exact) mass is 250 g/mol. The van der Waals surface area contributed by atoms with Crippen LogP contribution < -0.4 is 11.1 Å². The molecule has 1 amide bonds. The van der Waals surface area contributed by atoms with E-state index in [0.717, 1.165) is 0 Å². The Kier molecular flexibility index (Phi) is 4.07. The van der Waals surface area contributed by atoms with Crippen LogP contribution in [-0.4, -0.2) is 23.7 Å². The molecule has 1 atom stereocenters. The molecule has 3 N–H and O–H groups in total. The highest BCUT2D eigenvalue weighted by molar-refractivity contribution is 7.99. The van der Waals surface area contributed by atoms with E-state index in [1.807, 2.05) is 0 Å². The molecule has 1 aliphatic carbocycles. The fraction of sp³-hybridized carbons (Fsp3) is 0.462. The molecule has 2 rings (SSSR count). The molecule has 0 heterocycles. The second kappa shape index (κ2) is 5.56. The minimum absolute atomic E-state index is 0.214. The van der Waals surface area contributed by atoms with Crippen molar-refractivity contribution in [1.29, 1.82) is 0 Å². The molecule has 1 aliphatic rings. The van der Waals surface area contributed by atoms with Gasteiger partial charge in [-0.05, 0) is 31.9 Å². The minimum atomic E-state index is -0.253. The van der Waals surface area contributed by atoms with Crippen LogP contribution in [0.25, 0.3) is 0 Å². The Bertz CT molecular complexity index is 387. The summed E-state index contributed by atoms with van der Waals surface area (Å²) in [4.78, 5) is 12.5. The Hall–Kier alpha value is -1.00. The van der Waals surface area contributed by atoms with Crippen molar-refractivity contribution < 1.29 is 4.79 Å². The van der Waals surface area contributed by atoms with Gasteiger partial charge in [0, 0.05) is 16.7 Å². The van der Waals surface area contributed by atoms with Gasteiger partial charge in [-0.15, -0.1) is 11.8 Å². The van der Waals surface area contributed by atoms with Crippen LogP contribution in [0.1, 0.15) is 18.4 Å². The van der Waals surface area contributed by atoms with Crippen LogP contribution in [-0.2, 0) is 4.79 Å². The second-order valence-corrected chi connectivity index (χ2v) is 5.61. The number of carbonyl (C=O) groups is 1. The standard InChI is InChI=1S/C13H18N2OS/c1-9-2-6-11(7-3-9)17-8-12(13(14)16)15-10-4-5-10/h2-3,6-7,10,12,15H,4-5,8H2,1H3,(H2,14,16). The number of amides is 1. The van der Waals surface area contributed by atoms with Crippen molar-refractivity contribution in [2.45, 2.75) is 36.7 Å². The molecule has 1 unspecified atom stereocenters. The third-order valence-electron chi connectivity index (χ3n) is 2.80. The van der Waals surface area contributed by atoms with E-state index < -0.39 is 0 Å². The summed E-state index contributed by atoms with van der Waals surface area (Å²) in [5.74, 6) is 0.450. The Morgan fingerprint density at radius 3 is 2.65 bits per heavy atom. The zero-order valence-corrected chi connectivity index (χ0v) is 10.8. The third kappa shape index (κ3) is 4.06. The van der Waals surface area contributed by atoms with Crippen molar-refractivity contribution in [3.63, 3.8) is 0 Å². The van der Waals surface area contributed by atoms with E-state index in [1.54, 1.807) is 11.8 Å². The number of carbonyl (C=O) groups excluding carboxylic acids is 1. The summed E-state index contributed by atoms with van der Waals surface area (Å²) in [7, 11) is 0. The van der Waals surface area contributed by atoms with Gasteiger partial charge >= 0.3 is 0 Å². The average molecular weight is 250 g/mol. The molecule has 0 bridgehead atoms. The Morgan fingerprint density at radius 1 is 1.47 bits per heavy atom. The number of nitrogens with two attached hydrogens (primary N) is 1. The first-order chi connectivity index (χ1) is 8.15. The fourth-order valence-corrected chi connectivity index (χ4v) is 2.51. The van der Waals surface area contributed by atoms with Crippen molar-refractivity contribution in [2.75, 3.05) is 5.75 Å². The molecule has 0 spiro atoms. The second-order valence-electron chi connectivity index (χ2n) is 4.52. The van der Waals surface area contributed by atoms with Gasteiger partial charge in [0.25, 0.3) is 0 Å². The Morgan fingerprint density at radius 2 is 2.12 bits per heavy atom. The number of hydrogen-bond donors (Lipinski definition) is 2. The summed E-state index contributed by atoms with van der Waals surface area (Å²) in [6.45, 7) is 2.06. The maximum absolute atomic E-state index is 11.3. The first kappa shape index (κ1) is 12.5. The summed E-state index contributed by atoms with van der Waals surface area (Å²) in [5.41, 5.74) is 6.63. The van der Waals surface area contributed by atoms with E-state index in [0.29, 0.717) is 11.8 Å². The van der Waals surface area contributed by atoms with Gasteiger partial charge in [0.05, 0.1) is 6.04 Å². The SMILES string of the molecule is Cc1ccc(SCC(NC2CC2)C(N)=O)cc1. The molecule has 1 aromatic rings. The normalized spacial score (nSPS) is 16.8. The first-order valence-corrected chi connectivity index (χ1v) is 6.88. The summed E-state index contributed by atoms with van der Waals surface area (Å²) < 4.78 is 0. The average Bonchev–Trinajstić information content (AvgIpc) is 3.10. The highest BCUT2D eigenvalue weighted by atomic mass is 32.2. The van der Waals surface area contributed by atoms with E-state index in [1.165, 1.54) is 23.3 Å². The summed E-state index contributed by atoms with van der Waals surface area (Å²) in [6, 6.07) is 8.61. The van der Waals surface area contributed by atoms with E-state index in [-0.39, 0.29) is 11.9 Å². The van der Waals surface area contributed by atoms with Gasteiger partial charge in [0.1, 0.15) is 0 Å². The van der Waals surface area contributed by atoms with Crippen LogP contribution in [0.15, 0.2) is 29.2 Å². The van der Waals surface area contributed by atoms with Gasteiger partial charge in [-0.25, -0.2) is 0 Å². The zero-order valence-electron chi connectivity index (χ0n) is 9.98. The van der Waals surface area contributed by atoms with Crippen LogP contribution in [0.5, 0.6) is 0 Å². The van der Waals surface area contributed by atoms with Gasteiger partial charge in [0.2, 0.25) is 5.91 Å². The highest BCUT2D eigenvalue weighted by Gasteiger charge is 2.27. The molecule has 0 radical (unpaired) electrons. The maximum atomic E-state index is 11.3. The van der Waals surface area contributed by atoms with Crippen LogP contribution in [0.2, 0.25) is 0 Å². The predicted octanol–water partition coefficient (Wildman–Crippen LogP) is 1.69. The molecule has 4 heteroatoms. The molecule has 1 fully saturated rings. The van der Waals surface area contributed by atoms with Crippen molar-refractivity contribution in [2.24, 2.45) is 5.73 Å². The minimum Gasteiger partial charge on any atom is -0.368 e. The quantitative estimate of drug-likeness (QED) is 0.755. The smallest absolute Gasteiger partial charge is 0.235 e. The van der Waals surface area contributed by atoms with Gasteiger partial charge in [0.15, 0.2) is 0 Å². The van der Waals surface area contributed by atoms with Gasteiger partial charge in [-0.1, -0.05) is 17.7 Å². The number of benzene rings is 1. The molecule has 1 aromatic carbocycles. The summed E-state index contributed by atoms with van der Waals surface area (Å²) in [6.07, 6.45) is 2.33. The number of thioether (sulfide) groups is 1. The van der Waals surface area contributed by atoms with Crippen LogP contribution in [0.4, 0.5) is 0 Å². The molecule has 0 saturated heterocycles. The van der Waals surface area contributed by atoms with Gasteiger partial charge < -0.3 is 11.1 Å². The number of hydrogen-bond acceptors (Lipinski definition) is 3. The Balaban J connectivity index is 1.85. The van der Waals surface area contributed by atoms with Crippen molar-refractivity contribution in [3.05, 3.63) is 29.8 Å². The lowest BCUT2D eigenvalue weighted by Gasteiger charge is -2.14. The van der Waals surface area contributed by atoms with Crippen molar-refractivity contribution in [3.8, 4) is 0 Å². The van der Waals surface area contributed by atoms with E-state index >= 15 is 0 Å². The van der Waals surface area contributed by atoms with E-state index in [9.17, 15) is 4.79 Å². The highest BCUT2D eigenvalue weighted by Crippen LogP contribution is 2.23. The van der Waals surface area contributed by atoms with Crippen LogP contribution >= 0.6 is 11.8 Å². The lowest BCUT2D eigenvalue weighted by atomic mass is 10.2. The van der Waals surface area contributed by atoms with E-state index in [4.69, 9.17) is 5.73 Å². The molecule has 17 heavy (non-hydrogen) atoms. The lowest BCUT2D eigenvalue weighted by molar-refractivity contribution is -0.119. The van der Waals surface area contributed by atoms with E-state index in [2.05, 4.69) is 36.5 Å². The third-order valence-corrected chi connectivity index (χ3v) is 3.90. The lowest BCUT2D eigenvalue weighted by Crippen LogP contribution is -2.44. The number of aryl methyl sites for hydroxylation is 1. The summed E-state index contributed by atoms with van der Waals surface area (Å²) in [5, 5.41) is 3.28. The van der Waals surface area contributed by atoms with Crippen LogP contribution in [0.3, 0.4) is 0 Å². The van der Waals surface area contributed by atoms with Crippen molar-refractivity contribution in [1.82, 2.24) is 5.32 Å². The largest absolute Gasteiger partial charge is 0.368 e. The van der Waals surface area contributed by atoms with Gasteiger partial charge in [-0.2, -0.15) is 0 Å². The molecule has 0 aromatic heterocycles. The number of rotatable bonds is 6.